The Bertz CT molecular complexity index is 1360. The van der Waals surface area contributed by atoms with Gasteiger partial charge >= 0.3 is 0 Å². The molecule has 2 atom stereocenters. The van der Waals surface area contributed by atoms with Crippen LogP contribution in [0.2, 0.25) is 0 Å². The van der Waals surface area contributed by atoms with Crippen molar-refractivity contribution < 1.29 is 18.3 Å². The van der Waals surface area contributed by atoms with Crippen molar-refractivity contribution in [3.63, 3.8) is 0 Å². The number of aryl methyl sites for hydroxylation is 1. The minimum Gasteiger partial charge on any atom is -0.399 e. The van der Waals surface area contributed by atoms with Gasteiger partial charge < -0.3 is 16.2 Å². The third-order valence-electron chi connectivity index (χ3n) is 6.44. The number of nitrogens with one attached hydrogen (secondary N) is 1. The van der Waals surface area contributed by atoms with Crippen molar-refractivity contribution in [2.24, 2.45) is 11.7 Å². The molecule has 39 heavy (non-hydrogen) atoms. The average molecular weight is 550 g/mol. The molecular formula is C31H39N3O4S. The van der Waals surface area contributed by atoms with Crippen molar-refractivity contribution in [2.75, 3.05) is 13.1 Å². The number of aliphatic hydroxyl groups excluding tert-OH is 1. The van der Waals surface area contributed by atoms with Crippen LogP contribution < -0.4 is 11.1 Å². The quantitative estimate of drug-likeness (QED) is 0.299. The molecule has 0 heterocycles. The Hall–Kier alpha value is -3.46. The summed E-state index contributed by atoms with van der Waals surface area (Å²) < 4.78 is 28.4. The number of hydrogen-bond donors (Lipinski definition) is 3. The molecule has 4 N–H and O–H groups in total. The first-order valence-corrected chi connectivity index (χ1v) is 14.5. The van der Waals surface area contributed by atoms with E-state index in [0.29, 0.717) is 17.7 Å². The van der Waals surface area contributed by atoms with E-state index in [1.807, 2.05) is 69.3 Å². The molecule has 0 aliphatic carbocycles. The third kappa shape index (κ3) is 8.51. The number of hydrogen-bond acceptors (Lipinski definition) is 5. The van der Waals surface area contributed by atoms with Gasteiger partial charge in [-0.2, -0.15) is 4.31 Å². The lowest BCUT2D eigenvalue weighted by Gasteiger charge is -2.31. The molecule has 0 bridgehead atoms. The first-order valence-electron chi connectivity index (χ1n) is 13.1. The van der Waals surface area contributed by atoms with Crippen LogP contribution in [0, 0.1) is 12.8 Å². The summed E-state index contributed by atoms with van der Waals surface area (Å²) in [6, 6.07) is 22.7. The molecule has 8 heteroatoms. The molecule has 1 amide bonds. The van der Waals surface area contributed by atoms with Crippen LogP contribution in [0.4, 0.5) is 0 Å². The average Bonchev–Trinajstić information content (AvgIpc) is 2.88. The van der Waals surface area contributed by atoms with Crippen molar-refractivity contribution in [2.45, 2.75) is 50.7 Å². The van der Waals surface area contributed by atoms with Gasteiger partial charge in [0.05, 0.1) is 23.5 Å². The van der Waals surface area contributed by atoms with Crippen LogP contribution in [0.5, 0.6) is 0 Å². The molecule has 0 radical (unpaired) electrons. The zero-order valence-corrected chi connectivity index (χ0v) is 23.7. The van der Waals surface area contributed by atoms with Crippen molar-refractivity contribution in [3.05, 3.63) is 108 Å². The second-order valence-corrected chi connectivity index (χ2v) is 12.3. The fourth-order valence-corrected chi connectivity index (χ4v) is 6.06. The van der Waals surface area contributed by atoms with E-state index >= 15 is 0 Å². The van der Waals surface area contributed by atoms with Crippen molar-refractivity contribution in [1.29, 1.82) is 0 Å². The molecule has 208 valence electrons. The predicted octanol–water partition coefficient (Wildman–Crippen LogP) is 3.90. The maximum atomic E-state index is 13.6. The topological polar surface area (TPSA) is 113 Å². The Morgan fingerprint density at radius 2 is 1.59 bits per heavy atom. The van der Waals surface area contributed by atoms with Crippen LogP contribution in [0.25, 0.3) is 5.70 Å². The lowest BCUT2D eigenvalue weighted by molar-refractivity contribution is -0.122. The summed E-state index contributed by atoms with van der Waals surface area (Å²) >= 11 is 0. The Labute approximate surface area is 232 Å². The highest BCUT2D eigenvalue weighted by Crippen LogP contribution is 2.20. The third-order valence-corrected chi connectivity index (χ3v) is 8.29. The molecule has 7 nitrogen and oxygen atoms in total. The number of sulfonamides is 1. The van der Waals surface area contributed by atoms with Gasteiger partial charge in [-0.05, 0) is 42.5 Å². The lowest BCUT2D eigenvalue weighted by Crippen LogP contribution is -2.51. The van der Waals surface area contributed by atoms with Crippen LogP contribution in [0.15, 0.2) is 90.3 Å². The molecule has 2 unspecified atom stereocenters. The van der Waals surface area contributed by atoms with E-state index in [2.05, 4.69) is 11.9 Å². The van der Waals surface area contributed by atoms with Crippen molar-refractivity contribution >= 4 is 21.6 Å². The van der Waals surface area contributed by atoms with E-state index in [0.717, 1.165) is 16.7 Å². The summed E-state index contributed by atoms with van der Waals surface area (Å²) in [5, 5.41) is 14.4. The van der Waals surface area contributed by atoms with Crippen molar-refractivity contribution in [3.8, 4) is 0 Å². The van der Waals surface area contributed by atoms with E-state index in [9.17, 15) is 18.3 Å². The standard InChI is InChI=1S/C31H39N3O4S/c1-22(2)20-34(39(37,38)27-16-14-23(3)15-17-27)21-30(35)29(18-25-10-6-5-7-11-25)33-31(36)19-26-12-8-9-13-28(26)24(4)32/h5-17,22,29-30,35H,4,18-21,32H2,1-3H3,(H,33,36). The number of nitrogens with two attached hydrogens (primary N) is 1. The van der Waals surface area contributed by atoms with Gasteiger partial charge in [-0.1, -0.05) is 92.7 Å². The summed E-state index contributed by atoms with van der Waals surface area (Å²) in [6.45, 7) is 9.60. The van der Waals surface area contributed by atoms with Crippen LogP contribution >= 0.6 is 0 Å². The van der Waals surface area contributed by atoms with E-state index in [1.165, 1.54) is 4.31 Å². The number of carbonyl (C=O) groups excluding carboxylic acids is 1. The molecule has 0 aliphatic heterocycles. The number of carbonyl (C=O) groups is 1. The zero-order chi connectivity index (χ0) is 28.6. The fraction of sp³-hybridized carbons (Fsp3) is 0.323. The number of rotatable bonds is 13. The first-order chi connectivity index (χ1) is 18.5. The van der Waals surface area contributed by atoms with E-state index < -0.39 is 22.2 Å². The number of aliphatic hydroxyl groups is 1. The summed E-state index contributed by atoms with van der Waals surface area (Å²) in [4.78, 5) is 13.4. The second-order valence-electron chi connectivity index (χ2n) is 10.3. The van der Waals surface area contributed by atoms with E-state index in [4.69, 9.17) is 5.73 Å². The van der Waals surface area contributed by atoms with Gasteiger partial charge in [-0.3, -0.25) is 4.79 Å². The summed E-state index contributed by atoms with van der Waals surface area (Å²) in [5.41, 5.74) is 9.55. The maximum Gasteiger partial charge on any atom is 0.243 e. The molecule has 3 rings (SSSR count). The number of nitrogens with zero attached hydrogens (tertiary/aromatic N) is 1. The highest BCUT2D eigenvalue weighted by Gasteiger charge is 2.31. The summed E-state index contributed by atoms with van der Waals surface area (Å²) in [5.74, 6) is -0.277. The summed E-state index contributed by atoms with van der Waals surface area (Å²) in [6.07, 6.45) is -0.784. The minimum atomic E-state index is -3.87. The van der Waals surface area contributed by atoms with Gasteiger partial charge in [0.25, 0.3) is 0 Å². The van der Waals surface area contributed by atoms with Crippen molar-refractivity contribution in [1.82, 2.24) is 9.62 Å². The highest BCUT2D eigenvalue weighted by molar-refractivity contribution is 7.89. The summed E-state index contributed by atoms with van der Waals surface area (Å²) in [7, 11) is -3.87. The normalized spacial score (nSPS) is 13.3. The maximum absolute atomic E-state index is 13.6. The number of benzene rings is 3. The molecule has 0 aliphatic rings. The number of amides is 1. The van der Waals surface area contributed by atoms with E-state index in [1.54, 1.807) is 30.3 Å². The Kier molecular flexibility index (Phi) is 10.5. The van der Waals surface area contributed by atoms with Crippen LogP contribution in [0.1, 0.15) is 36.1 Å². The minimum absolute atomic E-state index is 0.0282. The molecule has 0 saturated carbocycles. The van der Waals surface area contributed by atoms with Crippen LogP contribution in [0.3, 0.4) is 0 Å². The molecule has 3 aromatic carbocycles. The molecule has 0 fully saturated rings. The van der Waals surface area contributed by atoms with E-state index in [-0.39, 0.29) is 36.2 Å². The van der Waals surface area contributed by atoms with Gasteiger partial charge in [-0.15, -0.1) is 0 Å². The lowest BCUT2D eigenvalue weighted by atomic mass is 9.99. The Morgan fingerprint density at radius 3 is 2.21 bits per heavy atom. The van der Waals surface area contributed by atoms with Gasteiger partial charge in [0.2, 0.25) is 15.9 Å². The van der Waals surface area contributed by atoms with Gasteiger partial charge in [0.15, 0.2) is 0 Å². The smallest absolute Gasteiger partial charge is 0.243 e. The Balaban J connectivity index is 1.86. The second kappa shape index (κ2) is 13.6. The largest absolute Gasteiger partial charge is 0.399 e. The molecule has 3 aromatic rings. The van der Waals surface area contributed by atoms with Gasteiger partial charge in [0, 0.05) is 24.4 Å². The van der Waals surface area contributed by atoms with Gasteiger partial charge in [0.1, 0.15) is 0 Å². The molecule has 0 aromatic heterocycles. The first kappa shape index (κ1) is 30.1. The Morgan fingerprint density at radius 1 is 0.974 bits per heavy atom. The monoisotopic (exact) mass is 549 g/mol. The highest BCUT2D eigenvalue weighted by atomic mass is 32.2. The molecular weight excluding hydrogens is 510 g/mol. The van der Waals surface area contributed by atoms with Gasteiger partial charge in [-0.25, -0.2) is 8.42 Å². The zero-order valence-electron chi connectivity index (χ0n) is 22.9. The SMILES string of the molecule is C=C(N)c1ccccc1CC(=O)NC(Cc1ccccc1)C(O)CN(CC(C)C)S(=O)(=O)c1ccc(C)cc1. The fourth-order valence-electron chi connectivity index (χ4n) is 4.44. The van der Waals surface area contributed by atoms with Crippen LogP contribution in [-0.2, 0) is 27.7 Å². The molecule has 0 spiro atoms. The molecule has 0 saturated heterocycles. The predicted molar refractivity (Wildman–Crippen MR) is 156 cm³/mol. The van der Waals surface area contributed by atoms with Crippen LogP contribution in [-0.4, -0.2) is 49.0 Å².